The molecule has 1 fully saturated rings. The van der Waals surface area contributed by atoms with Gasteiger partial charge in [0.05, 0.1) is 25.2 Å². The largest absolute Gasteiger partial charge is 0.453 e. The lowest BCUT2D eigenvalue weighted by molar-refractivity contribution is 0.0889. The summed E-state index contributed by atoms with van der Waals surface area (Å²) in [5.74, 6) is -0.441. The minimum atomic E-state index is -0.516. The number of aromatic nitrogens is 2. The van der Waals surface area contributed by atoms with Crippen molar-refractivity contribution in [2.24, 2.45) is 0 Å². The molecule has 1 aliphatic rings. The molecule has 148 valence electrons. The maximum absolute atomic E-state index is 14.0. The zero-order chi connectivity index (χ0) is 19.9. The first-order valence-corrected chi connectivity index (χ1v) is 8.71. The summed E-state index contributed by atoms with van der Waals surface area (Å²) in [5.41, 5.74) is 1.50. The van der Waals surface area contributed by atoms with Crippen molar-refractivity contribution >= 4 is 23.5 Å². The number of hydrogen-bond donors (Lipinski definition) is 2. The van der Waals surface area contributed by atoms with Crippen molar-refractivity contribution in [3.05, 3.63) is 48.3 Å². The van der Waals surface area contributed by atoms with Crippen molar-refractivity contribution in [3.8, 4) is 0 Å². The van der Waals surface area contributed by atoms with Crippen LogP contribution in [0.15, 0.2) is 36.9 Å². The third-order valence-corrected chi connectivity index (χ3v) is 4.25. The van der Waals surface area contributed by atoms with Gasteiger partial charge in [0.2, 0.25) is 0 Å². The van der Waals surface area contributed by atoms with E-state index in [-0.39, 0.29) is 6.09 Å². The van der Waals surface area contributed by atoms with E-state index in [4.69, 9.17) is 4.74 Å². The van der Waals surface area contributed by atoms with Crippen LogP contribution < -0.4 is 10.6 Å². The minimum absolute atomic E-state index is 0.341. The highest BCUT2D eigenvalue weighted by molar-refractivity contribution is 5.99. The standard InChI is InChI=1S/C18H21FN6O3/c1-28-18(27)25-4-2-24(3-5-25)11-13-6-14(19)8-15(7-13)22-17(26)23-16-9-20-12-21-10-16/h6-10,12H,2-5,11H2,1H3,(H2,22,23,26). The molecule has 28 heavy (non-hydrogen) atoms. The van der Waals surface area contributed by atoms with Gasteiger partial charge in [-0.3, -0.25) is 4.90 Å². The summed E-state index contributed by atoms with van der Waals surface area (Å²) >= 11 is 0. The zero-order valence-electron chi connectivity index (χ0n) is 15.4. The maximum atomic E-state index is 14.0. The fourth-order valence-electron chi connectivity index (χ4n) is 2.95. The van der Waals surface area contributed by atoms with Crippen LogP contribution >= 0.6 is 0 Å². The molecule has 9 nitrogen and oxygen atoms in total. The lowest BCUT2D eigenvalue weighted by Crippen LogP contribution is -2.48. The van der Waals surface area contributed by atoms with E-state index in [1.165, 1.54) is 38.0 Å². The summed E-state index contributed by atoms with van der Waals surface area (Å²) < 4.78 is 18.7. The van der Waals surface area contributed by atoms with Crippen molar-refractivity contribution in [2.75, 3.05) is 43.9 Å². The Labute approximate surface area is 161 Å². The first-order valence-electron chi connectivity index (χ1n) is 8.71. The molecular formula is C18H21FN6O3. The van der Waals surface area contributed by atoms with E-state index in [9.17, 15) is 14.0 Å². The number of anilines is 2. The third kappa shape index (κ3) is 5.36. The predicted octanol–water partition coefficient (Wildman–Crippen LogP) is 2.14. The first kappa shape index (κ1) is 19.5. The third-order valence-electron chi connectivity index (χ3n) is 4.25. The van der Waals surface area contributed by atoms with E-state index in [1.807, 2.05) is 0 Å². The number of carbonyl (C=O) groups is 2. The number of amides is 3. The number of nitrogens with one attached hydrogen (secondary N) is 2. The van der Waals surface area contributed by atoms with Gasteiger partial charge in [0.15, 0.2) is 0 Å². The molecule has 0 radical (unpaired) electrons. The molecule has 0 bridgehead atoms. The second-order valence-electron chi connectivity index (χ2n) is 6.29. The van der Waals surface area contributed by atoms with Crippen LogP contribution in [0, 0.1) is 5.82 Å². The number of urea groups is 1. The summed E-state index contributed by atoms with van der Waals surface area (Å²) in [7, 11) is 1.36. The van der Waals surface area contributed by atoms with Gasteiger partial charge in [0, 0.05) is 38.4 Å². The fourth-order valence-corrected chi connectivity index (χ4v) is 2.95. The summed E-state index contributed by atoms with van der Waals surface area (Å²) in [4.78, 5) is 35.0. The van der Waals surface area contributed by atoms with Crippen LogP contribution in [0.3, 0.4) is 0 Å². The zero-order valence-corrected chi connectivity index (χ0v) is 15.4. The smallest absolute Gasteiger partial charge is 0.409 e. The van der Waals surface area contributed by atoms with Crippen LogP contribution in [0.1, 0.15) is 5.56 Å². The van der Waals surface area contributed by atoms with Crippen LogP contribution in [0.5, 0.6) is 0 Å². The average molecular weight is 388 g/mol. The Balaban J connectivity index is 1.57. The minimum Gasteiger partial charge on any atom is -0.453 e. The van der Waals surface area contributed by atoms with Gasteiger partial charge in [-0.05, 0) is 23.8 Å². The van der Waals surface area contributed by atoms with E-state index in [0.717, 1.165) is 5.56 Å². The first-order chi connectivity index (χ1) is 13.5. The Morgan fingerprint density at radius 1 is 1.07 bits per heavy atom. The Hall–Kier alpha value is -3.27. The van der Waals surface area contributed by atoms with Crippen LogP contribution in [0.4, 0.5) is 25.4 Å². The van der Waals surface area contributed by atoms with E-state index in [1.54, 1.807) is 11.0 Å². The van der Waals surface area contributed by atoms with Gasteiger partial charge in [0.25, 0.3) is 0 Å². The molecule has 1 aromatic carbocycles. The molecule has 0 atom stereocenters. The fraction of sp³-hybridized carbons (Fsp3) is 0.333. The van der Waals surface area contributed by atoms with Gasteiger partial charge >= 0.3 is 12.1 Å². The predicted molar refractivity (Wildman–Crippen MR) is 100 cm³/mol. The number of methoxy groups -OCH3 is 1. The normalized spacial score (nSPS) is 14.4. The van der Waals surface area contributed by atoms with E-state index >= 15 is 0 Å². The molecule has 0 aliphatic carbocycles. The molecule has 0 unspecified atom stereocenters. The highest BCUT2D eigenvalue weighted by Gasteiger charge is 2.21. The number of carbonyl (C=O) groups excluding carboxylic acids is 2. The van der Waals surface area contributed by atoms with Gasteiger partial charge in [0.1, 0.15) is 12.1 Å². The Morgan fingerprint density at radius 3 is 2.43 bits per heavy atom. The number of benzene rings is 1. The number of ether oxygens (including phenoxy) is 1. The summed E-state index contributed by atoms with van der Waals surface area (Å²) in [6.07, 6.45) is 3.92. The highest BCUT2D eigenvalue weighted by Crippen LogP contribution is 2.17. The Morgan fingerprint density at radius 2 is 1.75 bits per heavy atom. The van der Waals surface area contributed by atoms with Gasteiger partial charge < -0.3 is 20.3 Å². The second-order valence-corrected chi connectivity index (χ2v) is 6.29. The molecule has 1 saturated heterocycles. The van der Waals surface area contributed by atoms with Crippen molar-refractivity contribution in [1.29, 1.82) is 0 Å². The number of hydrogen-bond acceptors (Lipinski definition) is 6. The van der Waals surface area contributed by atoms with Gasteiger partial charge in [-0.1, -0.05) is 0 Å². The van der Waals surface area contributed by atoms with E-state index in [0.29, 0.717) is 44.1 Å². The van der Waals surface area contributed by atoms with Crippen LogP contribution in [-0.2, 0) is 11.3 Å². The number of halogens is 1. The number of piperazine rings is 1. The summed E-state index contributed by atoms with van der Waals surface area (Å²) in [6, 6.07) is 3.88. The SMILES string of the molecule is COC(=O)N1CCN(Cc2cc(F)cc(NC(=O)Nc3cncnc3)c2)CC1. The molecule has 0 saturated carbocycles. The second kappa shape index (κ2) is 9.09. The van der Waals surface area contributed by atoms with Crippen molar-refractivity contribution in [1.82, 2.24) is 19.8 Å². The molecule has 2 N–H and O–H groups in total. The molecule has 2 aromatic rings. The molecule has 1 aromatic heterocycles. The lowest BCUT2D eigenvalue weighted by Gasteiger charge is -2.33. The molecule has 10 heteroatoms. The van der Waals surface area contributed by atoms with E-state index in [2.05, 4.69) is 25.5 Å². The molecule has 3 amide bonds. The Bertz CT molecular complexity index is 827. The molecule has 2 heterocycles. The molecular weight excluding hydrogens is 367 g/mol. The van der Waals surface area contributed by atoms with Crippen molar-refractivity contribution in [2.45, 2.75) is 6.54 Å². The Kier molecular flexibility index (Phi) is 6.33. The summed E-state index contributed by atoms with van der Waals surface area (Å²) in [5, 5.41) is 5.18. The van der Waals surface area contributed by atoms with Crippen LogP contribution in [0.2, 0.25) is 0 Å². The van der Waals surface area contributed by atoms with Crippen molar-refractivity contribution in [3.63, 3.8) is 0 Å². The van der Waals surface area contributed by atoms with E-state index < -0.39 is 11.8 Å². The average Bonchev–Trinajstić information content (AvgIpc) is 2.68. The molecule has 1 aliphatic heterocycles. The highest BCUT2D eigenvalue weighted by atomic mass is 19.1. The monoisotopic (exact) mass is 388 g/mol. The molecule has 3 rings (SSSR count). The quantitative estimate of drug-likeness (QED) is 0.833. The van der Waals surface area contributed by atoms with Crippen LogP contribution in [-0.4, -0.2) is 65.2 Å². The van der Waals surface area contributed by atoms with Crippen molar-refractivity contribution < 1.29 is 18.7 Å². The molecule has 0 spiro atoms. The van der Waals surface area contributed by atoms with Gasteiger partial charge in [-0.2, -0.15) is 0 Å². The van der Waals surface area contributed by atoms with Crippen LogP contribution in [0.25, 0.3) is 0 Å². The van der Waals surface area contributed by atoms with Gasteiger partial charge in [-0.15, -0.1) is 0 Å². The lowest BCUT2D eigenvalue weighted by atomic mass is 10.1. The topological polar surface area (TPSA) is 99.7 Å². The van der Waals surface area contributed by atoms with Gasteiger partial charge in [-0.25, -0.2) is 23.9 Å². The number of nitrogens with zero attached hydrogens (tertiary/aromatic N) is 4. The maximum Gasteiger partial charge on any atom is 0.409 e. The summed E-state index contributed by atoms with van der Waals surface area (Å²) in [6.45, 7) is 2.92. The number of rotatable bonds is 4.